The molecule has 1 saturated heterocycles. The van der Waals surface area contributed by atoms with Crippen LogP contribution in [0.15, 0.2) is 12.7 Å². The molecule has 1 rings (SSSR count). The summed E-state index contributed by atoms with van der Waals surface area (Å²) in [4.78, 5) is 0. The van der Waals surface area contributed by atoms with Crippen LogP contribution in [0.5, 0.6) is 0 Å². The number of hydrogen-bond acceptors (Lipinski definition) is 2. The lowest BCUT2D eigenvalue weighted by atomic mass is 9.99. The SMILES string of the molecule is C=CCC(C)C1(C)OCCO1. The molecule has 0 saturated carbocycles. The summed E-state index contributed by atoms with van der Waals surface area (Å²) in [6, 6.07) is 0. The molecule has 1 fully saturated rings. The van der Waals surface area contributed by atoms with E-state index in [4.69, 9.17) is 9.47 Å². The Morgan fingerprint density at radius 2 is 2.09 bits per heavy atom. The first kappa shape index (κ1) is 8.75. The van der Waals surface area contributed by atoms with Crippen LogP contribution in [-0.4, -0.2) is 19.0 Å². The van der Waals surface area contributed by atoms with Gasteiger partial charge in [0.25, 0.3) is 0 Å². The van der Waals surface area contributed by atoms with Crippen molar-refractivity contribution in [3.63, 3.8) is 0 Å². The van der Waals surface area contributed by atoms with Crippen molar-refractivity contribution in [2.24, 2.45) is 5.92 Å². The minimum absolute atomic E-state index is 0.367. The topological polar surface area (TPSA) is 18.5 Å². The summed E-state index contributed by atoms with van der Waals surface area (Å²) in [6.07, 6.45) is 2.84. The molecule has 2 nitrogen and oxygen atoms in total. The van der Waals surface area contributed by atoms with Crippen LogP contribution in [0.4, 0.5) is 0 Å². The molecule has 0 bridgehead atoms. The normalized spacial score (nSPS) is 24.9. The van der Waals surface area contributed by atoms with Crippen LogP contribution in [0.2, 0.25) is 0 Å². The fourth-order valence-electron chi connectivity index (χ4n) is 1.28. The van der Waals surface area contributed by atoms with Gasteiger partial charge in [0.1, 0.15) is 0 Å². The molecule has 0 amide bonds. The first-order chi connectivity index (χ1) is 5.19. The lowest BCUT2D eigenvalue weighted by Crippen LogP contribution is -2.33. The van der Waals surface area contributed by atoms with Crippen molar-refractivity contribution in [2.75, 3.05) is 13.2 Å². The highest BCUT2D eigenvalue weighted by atomic mass is 16.7. The predicted molar refractivity (Wildman–Crippen MR) is 44.3 cm³/mol. The second kappa shape index (κ2) is 3.37. The van der Waals surface area contributed by atoms with E-state index in [9.17, 15) is 0 Å². The molecule has 1 heterocycles. The third-order valence-electron chi connectivity index (χ3n) is 2.28. The van der Waals surface area contributed by atoms with E-state index in [1.165, 1.54) is 0 Å². The van der Waals surface area contributed by atoms with Crippen molar-refractivity contribution in [1.29, 1.82) is 0 Å². The van der Waals surface area contributed by atoms with Crippen LogP contribution in [0.25, 0.3) is 0 Å². The largest absolute Gasteiger partial charge is 0.348 e. The molecule has 1 aliphatic heterocycles. The zero-order valence-electron chi connectivity index (χ0n) is 7.30. The van der Waals surface area contributed by atoms with Crippen LogP contribution in [0.3, 0.4) is 0 Å². The van der Waals surface area contributed by atoms with Crippen molar-refractivity contribution in [2.45, 2.75) is 26.1 Å². The van der Waals surface area contributed by atoms with Gasteiger partial charge in [-0.2, -0.15) is 0 Å². The Morgan fingerprint density at radius 1 is 1.55 bits per heavy atom. The highest BCUT2D eigenvalue weighted by Gasteiger charge is 2.35. The first-order valence-electron chi connectivity index (χ1n) is 4.08. The van der Waals surface area contributed by atoms with E-state index in [0.29, 0.717) is 5.92 Å². The van der Waals surface area contributed by atoms with Crippen molar-refractivity contribution in [3.8, 4) is 0 Å². The van der Waals surface area contributed by atoms with Gasteiger partial charge >= 0.3 is 0 Å². The van der Waals surface area contributed by atoms with Crippen molar-refractivity contribution in [1.82, 2.24) is 0 Å². The third-order valence-corrected chi connectivity index (χ3v) is 2.28. The molecule has 64 valence electrons. The van der Waals surface area contributed by atoms with Gasteiger partial charge in [-0.25, -0.2) is 0 Å². The highest BCUT2D eigenvalue weighted by molar-refractivity contribution is 4.81. The minimum Gasteiger partial charge on any atom is -0.348 e. The molecule has 2 heteroatoms. The van der Waals surface area contributed by atoms with E-state index < -0.39 is 0 Å². The second-order valence-electron chi connectivity index (χ2n) is 3.14. The Balaban J connectivity index is 2.48. The third kappa shape index (κ3) is 1.82. The van der Waals surface area contributed by atoms with Crippen LogP contribution in [0.1, 0.15) is 20.3 Å². The molecule has 1 aliphatic rings. The molecule has 0 aromatic carbocycles. The minimum atomic E-state index is -0.367. The van der Waals surface area contributed by atoms with Gasteiger partial charge < -0.3 is 9.47 Å². The van der Waals surface area contributed by atoms with Gasteiger partial charge in [0.05, 0.1) is 13.2 Å². The van der Waals surface area contributed by atoms with Gasteiger partial charge in [-0.15, -0.1) is 6.58 Å². The summed E-state index contributed by atoms with van der Waals surface area (Å²) in [7, 11) is 0. The van der Waals surface area contributed by atoms with Crippen LogP contribution >= 0.6 is 0 Å². The molecule has 1 unspecified atom stereocenters. The molecule has 0 aromatic rings. The zero-order valence-corrected chi connectivity index (χ0v) is 7.30. The average Bonchev–Trinajstić information content (AvgIpc) is 2.38. The van der Waals surface area contributed by atoms with E-state index in [0.717, 1.165) is 19.6 Å². The Hall–Kier alpha value is -0.340. The van der Waals surface area contributed by atoms with Crippen LogP contribution < -0.4 is 0 Å². The Labute approximate surface area is 68.2 Å². The summed E-state index contributed by atoms with van der Waals surface area (Å²) in [5.41, 5.74) is 0. The molecule has 0 radical (unpaired) electrons. The number of hydrogen-bond donors (Lipinski definition) is 0. The maximum atomic E-state index is 5.48. The molecule has 1 atom stereocenters. The number of rotatable bonds is 3. The Bertz CT molecular complexity index is 136. The van der Waals surface area contributed by atoms with Crippen molar-refractivity contribution < 1.29 is 9.47 Å². The fourth-order valence-corrected chi connectivity index (χ4v) is 1.28. The van der Waals surface area contributed by atoms with Crippen LogP contribution in [0, 0.1) is 5.92 Å². The van der Waals surface area contributed by atoms with E-state index in [1.807, 2.05) is 13.0 Å². The number of ether oxygens (including phenoxy) is 2. The lowest BCUT2D eigenvalue weighted by molar-refractivity contribution is -0.176. The molecule has 0 spiro atoms. The smallest absolute Gasteiger partial charge is 0.168 e. The molecule has 0 aliphatic carbocycles. The van der Waals surface area contributed by atoms with Crippen molar-refractivity contribution in [3.05, 3.63) is 12.7 Å². The monoisotopic (exact) mass is 156 g/mol. The average molecular weight is 156 g/mol. The lowest BCUT2D eigenvalue weighted by Gasteiger charge is -2.28. The summed E-state index contributed by atoms with van der Waals surface area (Å²) < 4.78 is 11.0. The Kier molecular flexibility index (Phi) is 2.68. The predicted octanol–water partition coefficient (Wildman–Crippen LogP) is 1.96. The quantitative estimate of drug-likeness (QED) is 0.581. The summed E-state index contributed by atoms with van der Waals surface area (Å²) in [6.45, 7) is 9.24. The van der Waals surface area contributed by atoms with E-state index in [1.54, 1.807) is 0 Å². The number of allylic oxidation sites excluding steroid dienone is 1. The zero-order chi connectivity index (χ0) is 8.32. The molecule has 11 heavy (non-hydrogen) atoms. The van der Waals surface area contributed by atoms with Crippen LogP contribution in [-0.2, 0) is 9.47 Å². The first-order valence-corrected chi connectivity index (χ1v) is 4.08. The standard InChI is InChI=1S/C9H16O2/c1-4-5-8(2)9(3)10-6-7-11-9/h4,8H,1,5-7H2,2-3H3. The van der Waals surface area contributed by atoms with Crippen molar-refractivity contribution >= 4 is 0 Å². The van der Waals surface area contributed by atoms with E-state index in [2.05, 4.69) is 13.5 Å². The van der Waals surface area contributed by atoms with E-state index >= 15 is 0 Å². The van der Waals surface area contributed by atoms with Gasteiger partial charge in [-0.3, -0.25) is 0 Å². The maximum Gasteiger partial charge on any atom is 0.168 e. The highest BCUT2D eigenvalue weighted by Crippen LogP contribution is 2.29. The van der Waals surface area contributed by atoms with Gasteiger partial charge in [0.15, 0.2) is 5.79 Å². The summed E-state index contributed by atoms with van der Waals surface area (Å²) >= 11 is 0. The molecular weight excluding hydrogens is 140 g/mol. The van der Waals surface area contributed by atoms with E-state index in [-0.39, 0.29) is 5.79 Å². The Morgan fingerprint density at radius 3 is 2.55 bits per heavy atom. The summed E-state index contributed by atoms with van der Waals surface area (Å²) in [5.74, 6) is 0.0243. The molecule has 0 N–H and O–H groups in total. The van der Waals surface area contributed by atoms with Gasteiger partial charge in [-0.05, 0) is 13.3 Å². The maximum absolute atomic E-state index is 5.48. The van der Waals surface area contributed by atoms with Gasteiger partial charge in [-0.1, -0.05) is 13.0 Å². The molecule has 0 aromatic heterocycles. The summed E-state index contributed by atoms with van der Waals surface area (Å²) in [5, 5.41) is 0. The fraction of sp³-hybridized carbons (Fsp3) is 0.778. The second-order valence-corrected chi connectivity index (χ2v) is 3.14. The molecular formula is C9H16O2. The van der Waals surface area contributed by atoms with Gasteiger partial charge in [0, 0.05) is 5.92 Å². The van der Waals surface area contributed by atoms with Gasteiger partial charge in [0.2, 0.25) is 0 Å².